The molecule has 3 aliphatic heterocycles. The number of rotatable bonds is 2. The fraction of sp³-hybridized carbons (Fsp3) is 0.409. The van der Waals surface area contributed by atoms with Crippen molar-refractivity contribution in [3.63, 3.8) is 0 Å². The molecule has 3 aliphatic rings. The van der Waals surface area contributed by atoms with Crippen molar-refractivity contribution in [1.82, 2.24) is 9.91 Å². The number of hydrogen-bond donors (Lipinski definition) is 1. The molecule has 5 rings (SSSR count). The molecule has 0 saturated carbocycles. The lowest BCUT2D eigenvalue weighted by Crippen LogP contribution is -2.59. The fourth-order valence-electron chi connectivity index (χ4n) is 4.63. The number of likely N-dealkylation sites (tertiary alicyclic amines) is 1. The fourth-order valence-corrected chi connectivity index (χ4v) is 4.81. The predicted octanol–water partition coefficient (Wildman–Crippen LogP) is 4.40. The van der Waals surface area contributed by atoms with E-state index < -0.39 is 5.72 Å². The number of fused-ring (bicyclic) bond motifs is 4. The molecule has 2 aromatic carbocycles. The smallest absolute Gasteiger partial charge is 0.200 e. The van der Waals surface area contributed by atoms with Gasteiger partial charge in [-0.05, 0) is 54.6 Å². The van der Waals surface area contributed by atoms with E-state index in [0.29, 0.717) is 0 Å². The molecule has 2 aromatic rings. The van der Waals surface area contributed by atoms with Crippen LogP contribution < -0.4 is 4.74 Å². The number of hydrazone groups is 1. The minimum Gasteiger partial charge on any atom is -0.508 e. The number of piperidine rings is 1. The number of aromatic hydroxyl groups is 1. The van der Waals surface area contributed by atoms with Crippen molar-refractivity contribution < 1.29 is 9.84 Å². The Balaban J connectivity index is 1.56. The molecule has 1 N–H and O–H groups in total. The summed E-state index contributed by atoms with van der Waals surface area (Å²) in [6.07, 6.45) is 2.65. The van der Waals surface area contributed by atoms with Crippen LogP contribution >= 0.6 is 11.6 Å². The summed E-state index contributed by atoms with van der Waals surface area (Å²) < 4.78 is 6.62. The quantitative estimate of drug-likeness (QED) is 0.815. The van der Waals surface area contributed by atoms with Gasteiger partial charge < -0.3 is 14.7 Å². The van der Waals surface area contributed by atoms with E-state index in [1.165, 1.54) is 0 Å². The van der Waals surface area contributed by atoms with Gasteiger partial charge in [0.15, 0.2) is 0 Å². The highest BCUT2D eigenvalue weighted by molar-refractivity contribution is 6.30. The van der Waals surface area contributed by atoms with Crippen molar-refractivity contribution in [2.75, 3.05) is 19.6 Å². The van der Waals surface area contributed by atoms with Crippen molar-refractivity contribution in [3.05, 3.63) is 58.6 Å². The van der Waals surface area contributed by atoms with Crippen LogP contribution in [-0.2, 0) is 0 Å². The van der Waals surface area contributed by atoms with E-state index in [4.69, 9.17) is 21.4 Å². The standard InChI is InChI=1S/C22H24ClN3O2/c1-2-25-11-9-22(10-12-25)26-20(18-13-16(23)5-8-21(18)28-22)14-19(24-26)15-3-6-17(27)7-4-15/h3-8,13,20,27H,2,9-12,14H2,1H3/t20-/m0/s1. The second kappa shape index (κ2) is 6.68. The van der Waals surface area contributed by atoms with Crippen LogP contribution in [0.2, 0.25) is 5.02 Å². The van der Waals surface area contributed by atoms with Gasteiger partial charge in [0, 0.05) is 42.9 Å². The third-order valence-electron chi connectivity index (χ3n) is 6.24. The first kappa shape index (κ1) is 17.8. The monoisotopic (exact) mass is 397 g/mol. The number of hydrogen-bond acceptors (Lipinski definition) is 5. The molecule has 0 aromatic heterocycles. The molecule has 1 fully saturated rings. The lowest BCUT2D eigenvalue weighted by atomic mass is 9.90. The first-order chi connectivity index (χ1) is 13.6. The zero-order chi connectivity index (χ0) is 19.3. The number of nitrogens with zero attached hydrogens (tertiary/aromatic N) is 3. The van der Waals surface area contributed by atoms with Crippen molar-refractivity contribution >= 4 is 17.3 Å². The Bertz CT molecular complexity index is 920. The lowest BCUT2D eigenvalue weighted by molar-refractivity contribution is -0.149. The van der Waals surface area contributed by atoms with E-state index in [1.54, 1.807) is 12.1 Å². The molecular formula is C22H24ClN3O2. The van der Waals surface area contributed by atoms with Crippen LogP contribution in [0.3, 0.4) is 0 Å². The summed E-state index contributed by atoms with van der Waals surface area (Å²) in [4.78, 5) is 2.46. The minimum atomic E-state index is -0.407. The van der Waals surface area contributed by atoms with Gasteiger partial charge in [0.05, 0.1) is 11.8 Å². The SMILES string of the molecule is CCN1CCC2(CC1)Oc1ccc(Cl)cc1[C@@H]1CC(c3ccc(O)cc3)=NN12. The van der Waals surface area contributed by atoms with E-state index in [0.717, 1.165) is 66.5 Å². The van der Waals surface area contributed by atoms with E-state index in [-0.39, 0.29) is 11.8 Å². The Kier molecular flexibility index (Phi) is 4.25. The van der Waals surface area contributed by atoms with Gasteiger partial charge >= 0.3 is 0 Å². The Morgan fingerprint density at radius 3 is 2.64 bits per heavy atom. The molecule has 1 atom stereocenters. The zero-order valence-corrected chi connectivity index (χ0v) is 16.7. The van der Waals surface area contributed by atoms with Crippen LogP contribution in [0.4, 0.5) is 0 Å². The Labute approximate surface area is 170 Å². The molecule has 28 heavy (non-hydrogen) atoms. The highest BCUT2D eigenvalue weighted by Gasteiger charge is 2.51. The van der Waals surface area contributed by atoms with Crippen molar-refractivity contribution in [3.8, 4) is 11.5 Å². The Hall–Kier alpha value is -2.24. The number of ether oxygens (including phenoxy) is 1. The molecule has 0 unspecified atom stereocenters. The summed E-state index contributed by atoms with van der Waals surface area (Å²) in [5.41, 5.74) is 2.76. The highest BCUT2D eigenvalue weighted by atomic mass is 35.5. The van der Waals surface area contributed by atoms with Crippen LogP contribution in [0.5, 0.6) is 11.5 Å². The normalized spacial score (nSPS) is 23.1. The summed E-state index contributed by atoms with van der Waals surface area (Å²) >= 11 is 6.31. The molecule has 0 bridgehead atoms. The van der Waals surface area contributed by atoms with Gasteiger partial charge in [-0.25, -0.2) is 5.01 Å². The second-order valence-electron chi connectivity index (χ2n) is 7.82. The van der Waals surface area contributed by atoms with Gasteiger partial charge in [-0.3, -0.25) is 0 Å². The predicted molar refractivity (Wildman–Crippen MR) is 110 cm³/mol. The zero-order valence-electron chi connectivity index (χ0n) is 15.9. The summed E-state index contributed by atoms with van der Waals surface area (Å²) in [6, 6.07) is 13.3. The van der Waals surface area contributed by atoms with Crippen molar-refractivity contribution in [2.24, 2.45) is 5.10 Å². The van der Waals surface area contributed by atoms with Crippen LogP contribution in [0, 0.1) is 0 Å². The maximum absolute atomic E-state index is 9.62. The summed E-state index contributed by atoms with van der Waals surface area (Å²) in [6.45, 7) is 5.28. The van der Waals surface area contributed by atoms with Gasteiger partial charge in [0.1, 0.15) is 11.5 Å². The molecule has 1 spiro atoms. The van der Waals surface area contributed by atoms with Crippen LogP contribution in [0.15, 0.2) is 47.6 Å². The Morgan fingerprint density at radius 1 is 1.18 bits per heavy atom. The highest BCUT2D eigenvalue weighted by Crippen LogP contribution is 2.50. The molecule has 0 aliphatic carbocycles. The van der Waals surface area contributed by atoms with Crippen LogP contribution in [-0.4, -0.2) is 46.1 Å². The number of halogens is 1. The lowest BCUT2D eigenvalue weighted by Gasteiger charge is -2.51. The van der Waals surface area contributed by atoms with E-state index >= 15 is 0 Å². The van der Waals surface area contributed by atoms with Gasteiger partial charge in [-0.15, -0.1) is 0 Å². The summed E-state index contributed by atoms with van der Waals surface area (Å²) in [7, 11) is 0. The van der Waals surface area contributed by atoms with Crippen LogP contribution in [0.25, 0.3) is 0 Å². The summed E-state index contributed by atoms with van der Waals surface area (Å²) in [5.74, 6) is 1.20. The first-order valence-electron chi connectivity index (χ1n) is 9.95. The molecular weight excluding hydrogens is 374 g/mol. The minimum absolute atomic E-state index is 0.124. The molecule has 0 radical (unpaired) electrons. The largest absolute Gasteiger partial charge is 0.508 e. The van der Waals surface area contributed by atoms with E-state index in [2.05, 4.69) is 16.8 Å². The molecule has 6 heteroatoms. The van der Waals surface area contributed by atoms with Crippen molar-refractivity contribution in [2.45, 2.75) is 38.0 Å². The average Bonchev–Trinajstić information content (AvgIpc) is 3.17. The third-order valence-corrected chi connectivity index (χ3v) is 6.48. The number of phenolic OH excluding ortho intramolecular Hbond substituents is 1. The van der Waals surface area contributed by atoms with Crippen LogP contribution in [0.1, 0.15) is 43.4 Å². The molecule has 146 valence electrons. The first-order valence-corrected chi connectivity index (χ1v) is 10.3. The molecule has 1 saturated heterocycles. The maximum atomic E-state index is 9.62. The van der Waals surface area contributed by atoms with Gasteiger partial charge in [-0.1, -0.05) is 18.5 Å². The number of phenols is 1. The van der Waals surface area contributed by atoms with Gasteiger partial charge in [0.25, 0.3) is 0 Å². The van der Waals surface area contributed by atoms with Gasteiger partial charge in [0.2, 0.25) is 5.72 Å². The molecule has 3 heterocycles. The summed E-state index contributed by atoms with van der Waals surface area (Å²) in [5, 5.41) is 17.6. The average molecular weight is 398 g/mol. The second-order valence-corrected chi connectivity index (χ2v) is 8.26. The Morgan fingerprint density at radius 2 is 1.93 bits per heavy atom. The van der Waals surface area contributed by atoms with E-state index in [9.17, 15) is 5.11 Å². The third kappa shape index (κ3) is 2.85. The van der Waals surface area contributed by atoms with Crippen molar-refractivity contribution in [1.29, 1.82) is 0 Å². The van der Waals surface area contributed by atoms with E-state index in [1.807, 2.05) is 30.3 Å². The number of benzene rings is 2. The molecule has 5 nitrogen and oxygen atoms in total. The van der Waals surface area contributed by atoms with Gasteiger partial charge in [-0.2, -0.15) is 5.10 Å². The topological polar surface area (TPSA) is 48.3 Å². The maximum Gasteiger partial charge on any atom is 0.200 e. The molecule has 0 amide bonds.